The van der Waals surface area contributed by atoms with Gasteiger partial charge in [-0.2, -0.15) is 0 Å². The second-order valence-corrected chi connectivity index (χ2v) is 5.85. The molecule has 1 aromatic carbocycles. The monoisotopic (exact) mass is 357 g/mol. The molecule has 3 rings (SSSR count). The summed E-state index contributed by atoms with van der Waals surface area (Å²) in [7, 11) is 1.60. The average molecular weight is 357 g/mol. The van der Waals surface area contributed by atoms with Crippen molar-refractivity contribution < 1.29 is 14.3 Å². The standard InChI is InChI=1S/C18H23N5O3/c1-25-15-4-2-14(3-5-15)22-18(24)16-12-17(21-13-20-16)19-6-7-23-8-10-26-11-9-23/h2-5,12-13H,6-11H2,1H3,(H,22,24)(H,19,20,21). The topological polar surface area (TPSA) is 88.6 Å². The summed E-state index contributed by atoms with van der Waals surface area (Å²) >= 11 is 0. The van der Waals surface area contributed by atoms with Crippen LogP contribution in [0.2, 0.25) is 0 Å². The number of ether oxygens (including phenoxy) is 2. The highest BCUT2D eigenvalue weighted by Crippen LogP contribution is 2.16. The Morgan fingerprint density at radius 2 is 2.00 bits per heavy atom. The third kappa shape index (κ3) is 5.14. The van der Waals surface area contributed by atoms with E-state index in [0.717, 1.165) is 45.1 Å². The van der Waals surface area contributed by atoms with Gasteiger partial charge in [0.15, 0.2) is 0 Å². The summed E-state index contributed by atoms with van der Waals surface area (Å²) in [4.78, 5) is 22.9. The molecule has 1 amide bonds. The van der Waals surface area contributed by atoms with E-state index in [1.165, 1.54) is 6.33 Å². The van der Waals surface area contributed by atoms with Gasteiger partial charge in [-0.1, -0.05) is 0 Å². The molecule has 1 fully saturated rings. The predicted octanol–water partition coefficient (Wildman–Crippen LogP) is 1.48. The molecule has 0 spiro atoms. The van der Waals surface area contributed by atoms with E-state index in [4.69, 9.17) is 9.47 Å². The minimum absolute atomic E-state index is 0.284. The van der Waals surface area contributed by atoms with E-state index in [-0.39, 0.29) is 5.91 Å². The molecule has 2 aromatic rings. The minimum Gasteiger partial charge on any atom is -0.497 e. The summed E-state index contributed by atoms with van der Waals surface area (Å²) in [5, 5.41) is 6.05. The molecule has 0 aliphatic carbocycles. The van der Waals surface area contributed by atoms with Crippen LogP contribution in [0.3, 0.4) is 0 Å². The van der Waals surface area contributed by atoms with Gasteiger partial charge in [0.25, 0.3) is 5.91 Å². The second kappa shape index (κ2) is 9.12. The molecule has 8 heteroatoms. The molecular weight excluding hydrogens is 334 g/mol. The van der Waals surface area contributed by atoms with Crippen molar-refractivity contribution in [3.63, 3.8) is 0 Å². The van der Waals surface area contributed by atoms with Crippen LogP contribution in [0.4, 0.5) is 11.5 Å². The first-order chi connectivity index (χ1) is 12.7. The van der Waals surface area contributed by atoms with Crippen molar-refractivity contribution in [2.75, 3.05) is 57.1 Å². The van der Waals surface area contributed by atoms with Gasteiger partial charge in [-0.3, -0.25) is 9.69 Å². The molecule has 0 saturated carbocycles. The highest BCUT2D eigenvalue weighted by Gasteiger charge is 2.11. The average Bonchev–Trinajstić information content (AvgIpc) is 2.69. The molecule has 0 unspecified atom stereocenters. The fourth-order valence-electron chi connectivity index (χ4n) is 2.61. The number of rotatable bonds is 7. The maximum absolute atomic E-state index is 12.4. The minimum atomic E-state index is -0.284. The maximum atomic E-state index is 12.4. The molecule has 0 bridgehead atoms. The quantitative estimate of drug-likeness (QED) is 0.776. The van der Waals surface area contributed by atoms with E-state index in [0.29, 0.717) is 17.2 Å². The fraction of sp³-hybridized carbons (Fsp3) is 0.389. The van der Waals surface area contributed by atoms with E-state index >= 15 is 0 Å². The molecular formula is C18H23N5O3. The van der Waals surface area contributed by atoms with Gasteiger partial charge < -0.3 is 20.1 Å². The molecule has 138 valence electrons. The number of morpholine rings is 1. The Morgan fingerprint density at radius 1 is 1.23 bits per heavy atom. The number of aromatic nitrogens is 2. The Balaban J connectivity index is 1.52. The molecule has 1 aliphatic rings. The fourth-order valence-corrected chi connectivity index (χ4v) is 2.61. The lowest BCUT2D eigenvalue weighted by atomic mass is 10.3. The van der Waals surface area contributed by atoms with Gasteiger partial charge in [0.05, 0.1) is 20.3 Å². The maximum Gasteiger partial charge on any atom is 0.274 e. The van der Waals surface area contributed by atoms with E-state index in [1.807, 2.05) is 0 Å². The Bertz CT molecular complexity index is 717. The number of nitrogens with one attached hydrogen (secondary N) is 2. The van der Waals surface area contributed by atoms with Gasteiger partial charge in [-0.25, -0.2) is 9.97 Å². The SMILES string of the molecule is COc1ccc(NC(=O)c2cc(NCCN3CCOCC3)ncn2)cc1. The summed E-state index contributed by atoms with van der Waals surface area (Å²) in [5.41, 5.74) is 0.987. The lowest BCUT2D eigenvalue weighted by Crippen LogP contribution is -2.39. The number of hydrogen-bond donors (Lipinski definition) is 2. The summed E-state index contributed by atoms with van der Waals surface area (Å²) in [5.74, 6) is 1.08. The van der Waals surface area contributed by atoms with Crippen molar-refractivity contribution in [1.82, 2.24) is 14.9 Å². The van der Waals surface area contributed by atoms with Crippen molar-refractivity contribution in [1.29, 1.82) is 0 Å². The number of hydrogen-bond acceptors (Lipinski definition) is 7. The van der Waals surface area contributed by atoms with Gasteiger partial charge in [0.2, 0.25) is 0 Å². The molecule has 2 N–H and O–H groups in total. The van der Waals surface area contributed by atoms with E-state index < -0.39 is 0 Å². The smallest absolute Gasteiger partial charge is 0.274 e. The molecule has 2 heterocycles. The number of anilines is 2. The first kappa shape index (κ1) is 18.1. The van der Waals surface area contributed by atoms with Crippen LogP contribution in [0, 0.1) is 0 Å². The van der Waals surface area contributed by atoms with Crippen molar-refractivity contribution in [3.8, 4) is 5.75 Å². The molecule has 0 radical (unpaired) electrons. The Morgan fingerprint density at radius 3 is 2.73 bits per heavy atom. The highest BCUT2D eigenvalue weighted by atomic mass is 16.5. The number of methoxy groups -OCH3 is 1. The van der Waals surface area contributed by atoms with Crippen molar-refractivity contribution in [2.24, 2.45) is 0 Å². The zero-order valence-electron chi connectivity index (χ0n) is 14.8. The van der Waals surface area contributed by atoms with Gasteiger partial charge in [-0.05, 0) is 24.3 Å². The van der Waals surface area contributed by atoms with Gasteiger partial charge in [0, 0.05) is 37.9 Å². The summed E-state index contributed by atoms with van der Waals surface area (Å²) in [6.45, 7) is 5.10. The van der Waals surface area contributed by atoms with Crippen LogP contribution >= 0.6 is 0 Å². The van der Waals surface area contributed by atoms with Crippen LogP contribution in [-0.2, 0) is 4.74 Å². The predicted molar refractivity (Wildman–Crippen MR) is 98.7 cm³/mol. The van der Waals surface area contributed by atoms with E-state index in [1.54, 1.807) is 37.4 Å². The second-order valence-electron chi connectivity index (χ2n) is 5.85. The lowest BCUT2D eigenvalue weighted by Gasteiger charge is -2.26. The first-order valence-electron chi connectivity index (χ1n) is 8.56. The number of carbonyl (C=O) groups is 1. The number of amides is 1. The van der Waals surface area contributed by atoms with Crippen LogP contribution in [0.25, 0.3) is 0 Å². The Labute approximate surface area is 152 Å². The van der Waals surface area contributed by atoms with Crippen LogP contribution < -0.4 is 15.4 Å². The normalized spacial score (nSPS) is 14.7. The summed E-state index contributed by atoms with van der Waals surface area (Å²) < 4.78 is 10.4. The van der Waals surface area contributed by atoms with Crippen LogP contribution in [0.5, 0.6) is 5.75 Å². The number of carbonyl (C=O) groups excluding carboxylic acids is 1. The lowest BCUT2D eigenvalue weighted by molar-refractivity contribution is 0.0398. The largest absolute Gasteiger partial charge is 0.497 e. The van der Waals surface area contributed by atoms with Crippen LogP contribution in [-0.4, -0.2) is 67.3 Å². The van der Waals surface area contributed by atoms with E-state index in [9.17, 15) is 4.79 Å². The zero-order valence-corrected chi connectivity index (χ0v) is 14.8. The van der Waals surface area contributed by atoms with Gasteiger partial charge in [-0.15, -0.1) is 0 Å². The zero-order chi connectivity index (χ0) is 18.2. The molecule has 1 saturated heterocycles. The number of nitrogens with zero attached hydrogens (tertiary/aromatic N) is 3. The Hall–Kier alpha value is -2.71. The summed E-state index contributed by atoms with van der Waals surface area (Å²) in [6.07, 6.45) is 1.39. The van der Waals surface area contributed by atoms with Crippen molar-refractivity contribution in [3.05, 3.63) is 42.4 Å². The third-order valence-corrected chi connectivity index (χ3v) is 4.09. The molecule has 1 aliphatic heterocycles. The van der Waals surface area contributed by atoms with Crippen LogP contribution in [0.15, 0.2) is 36.7 Å². The van der Waals surface area contributed by atoms with E-state index in [2.05, 4.69) is 25.5 Å². The van der Waals surface area contributed by atoms with Crippen LogP contribution in [0.1, 0.15) is 10.5 Å². The summed E-state index contributed by atoms with van der Waals surface area (Å²) in [6, 6.07) is 8.78. The molecule has 8 nitrogen and oxygen atoms in total. The highest BCUT2D eigenvalue weighted by molar-refractivity contribution is 6.03. The third-order valence-electron chi connectivity index (χ3n) is 4.09. The number of benzene rings is 1. The van der Waals surface area contributed by atoms with Crippen molar-refractivity contribution >= 4 is 17.4 Å². The Kier molecular flexibility index (Phi) is 6.34. The first-order valence-corrected chi connectivity index (χ1v) is 8.56. The van der Waals surface area contributed by atoms with Gasteiger partial charge in [0.1, 0.15) is 23.6 Å². The molecule has 1 aromatic heterocycles. The molecule has 0 atom stereocenters. The molecule has 26 heavy (non-hydrogen) atoms. The van der Waals surface area contributed by atoms with Gasteiger partial charge >= 0.3 is 0 Å². The van der Waals surface area contributed by atoms with Crippen molar-refractivity contribution in [2.45, 2.75) is 0 Å².